The van der Waals surface area contributed by atoms with Gasteiger partial charge in [-0.05, 0) is 50.0 Å². The molecule has 1 aromatic carbocycles. The number of fused-ring (bicyclic) bond motifs is 1. The molecule has 28 heavy (non-hydrogen) atoms. The van der Waals surface area contributed by atoms with Crippen LogP contribution in [0, 0.1) is 5.92 Å². The molecule has 154 valence electrons. The number of nitrogens with one attached hydrogen (secondary N) is 2. The van der Waals surface area contributed by atoms with Crippen LogP contribution >= 0.6 is 0 Å². The summed E-state index contributed by atoms with van der Waals surface area (Å²) in [4.78, 5) is 16.9. The van der Waals surface area contributed by atoms with Crippen molar-refractivity contribution in [1.29, 1.82) is 0 Å². The molecule has 0 aliphatic carbocycles. The zero-order chi connectivity index (χ0) is 19.7. The molecule has 0 aromatic heterocycles. The molecule has 3 heterocycles. The smallest absolute Gasteiger partial charge is 0.341 e. The van der Waals surface area contributed by atoms with E-state index in [2.05, 4.69) is 15.8 Å². The van der Waals surface area contributed by atoms with Gasteiger partial charge in [-0.15, -0.1) is 0 Å². The molecular formula is C20H27F3N4O. The second-order valence-corrected chi connectivity index (χ2v) is 8.12. The third-order valence-electron chi connectivity index (χ3n) is 6.27. The number of amides is 1. The van der Waals surface area contributed by atoms with E-state index in [0.29, 0.717) is 13.1 Å². The van der Waals surface area contributed by atoms with Crippen molar-refractivity contribution in [2.24, 2.45) is 5.92 Å². The van der Waals surface area contributed by atoms with Crippen LogP contribution in [0.2, 0.25) is 0 Å². The van der Waals surface area contributed by atoms with Gasteiger partial charge in [0.2, 0.25) is 5.91 Å². The van der Waals surface area contributed by atoms with Gasteiger partial charge in [-0.1, -0.05) is 18.6 Å². The van der Waals surface area contributed by atoms with Crippen LogP contribution in [0.4, 0.5) is 13.2 Å². The third kappa shape index (κ3) is 4.18. The van der Waals surface area contributed by atoms with Gasteiger partial charge in [0.1, 0.15) is 0 Å². The van der Waals surface area contributed by atoms with E-state index >= 15 is 0 Å². The highest BCUT2D eigenvalue weighted by molar-refractivity contribution is 5.78. The number of hydrogen-bond acceptors (Lipinski definition) is 4. The van der Waals surface area contributed by atoms with E-state index in [1.807, 2.05) is 4.90 Å². The maximum atomic E-state index is 12.8. The van der Waals surface area contributed by atoms with Gasteiger partial charge in [0.15, 0.2) is 0 Å². The summed E-state index contributed by atoms with van der Waals surface area (Å²) in [5.74, 6) is 0.314. The standard InChI is InChI=1S/C20H27F3N4O/c21-20(22,23)15-6-4-14(5-7-15)19-16-12-27(11-8-17(16)24-25-19)18(28)13-26-9-2-1-3-10-26/h4-7,16-17,19,24-25H,1-3,8-13H2. The van der Waals surface area contributed by atoms with Crippen molar-refractivity contribution >= 4 is 5.91 Å². The van der Waals surface area contributed by atoms with Crippen molar-refractivity contribution in [3.05, 3.63) is 35.4 Å². The van der Waals surface area contributed by atoms with E-state index < -0.39 is 11.7 Å². The normalized spacial score (nSPS) is 29.0. The van der Waals surface area contributed by atoms with Crippen LogP contribution in [0.15, 0.2) is 24.3 Å². The van der Waals surface area contributed by atoms with E-state index in [1.165, 1.54) is 6.42 Å². The monoisotopic (exact) mass is 396 g/mol. The summed E-state index contributed by atoms with van der Waals surface area (Å²) >= 11 is 0. The molecule has 1 amide bonds. The molecule has 1 aromatic rings. The number of hydrogen-bond donors (Lipinski definition) is 2. The lowest BCUT2D eigenvalue weighted by Crippen LogP contribution is -2.50. The molecule has 3 unspecified atom stereocenters. The molecule has 3 aliphatic rings. The van der Waals surface area contributed by atoms with Crippen LogP contribution in [0.1, 0.15) is 42.9 Å². The number of rotatable bonds is 3. The van der Waals surface area contributed by atoms with Crippen molar-refractivity contribution < 1.29 is 18.0 Å². The fraction of sp³-hybridized carbons (Fsp3) is 0.650. The van der Waals surface area contributed by atoms with Gasteiger partial charge in [0.05, 0.1) is 18.2 Å². The lowest BCUT2D eigenvalue weighted by molar-refractivity contribution is -0.137. The van der Waals surface area contributed by atoms with Crippen LogP contribution in [-0.2, 0) is 11.0 Å². The number of halogens is 3. The first-order valence-electron chi connectivity index (χ1n) is 10.1. The molecule has 8 heteroatoms. The van der Waals surface area contributed by atoms with Crippen molar-refractivity contribution in [3.63, 3.8) is 0 Å². The maximum absolute atomic E-state index is 12.8. The van der Waals surface area contributed by atoms with E-state index in [-0.39, 0.29) is 23.9 Å². The number of benzene rings is 1. The Labute approximate surface area is 163 Å². The third-order valence-corrected chi connectivity index (χ3v) is 6.27. The molecule has 3 saturated heterocycles. The Morgan fingerprint density at radius 2 is 1.75 bits per heavy atom. The molecule has 0 radical (unpaired) electrons. The Balaban J connectivity index is 1.41. The Kier molecular flexibility index (Phi) is 5.62. The van der Waals surface area contributed by atoms with Gasteiger partial charge in [-0.25, -0.2) is 5.43 Å². The Bertz CT molecular complexity index is 688. The molecule has 2 N–H and O–H groups in total. The lowest BCUT2D eigenvalue weighted by atomic mass is 9.85. The predicted molar refractivity (Wildman–Crippen MR) is 99.2 cm³/mol. The minimum absolute atomic E-state index is 0.0992. The van der Waals surface area contributed by atoms with Crippen LogP contribution in [-0.4, -0.2) is 54.5 Å². The highest BCUT2D eigenvalue weighted by atomic mass is 19.4. The molecule has 4 rings (SSSR count). The number of carbonyl (C=O) groups is 1. The van der Waals surface area contributed by atoms with Crippen molar-refractivity contribution in [2.75, 3.05) is 32.7 Å². The van der Waals surface area contributed by atoms with Gasteiger partial charge in [0.25, 0.3) is 0 Å². The Hall–Kier alpha value is -1.64. The van der Waals surface area contributed by atoms with Gasteiger partial charge in [0, 0.05) is 25.0 Å². The van der Waals surface area contributed by atoms with Crippen LogP contribution in [0.3, 0.4) is 0 Å². The van der Waals surface area contributed by atoms with Gasteiger partial charge >= 0.3 is 6.18 Å². The maximum Gasteiger partial charge on any atom is 0.416 e. The molecule has 3 fully saturated rings. The summed E-state index contributed by atoms with van der Waals surface area (Å²) in [7, 11) is 0. The summed E-state index contributed by atoms with van der Waals surface area (Å²) in [6, 6.07) is 5.47. The van der Waals surface area contributed by atoms with E-state index in [0.717, 1.165) is 56.6 Å². The predicted octanol–water partition coefficient (Wildman–Crippen LogP) is 2.56. The topological polar surface area (TPSA) is 47.6 Å². The fourth-order valence-electron chi connectivity index (χ4n) is 4.65. The largest absolute Gasteiger partial charge is 0.416 e. The number of hydrazine groups is 1. The summed E-state index contributed by atoms with van der Waals surface area (Å²) in [5, 5.41) is 0. The van der Waals surface area contributed by atoms with E-state index in [4.69, 9.17) is 0 Å². The van der Waals surface area contributed by atoms with Crippen molar-refractivity contribution in [3.8, 4) is 0 Å². The second kappa shape index (κ2) is 8.00. The van der Waals surface area contributed by atoms with Crippen molar-refractivity contribution in [1.82, 2.24) is 20.7 Å². The zero-order valence-corrected chi connectivity index (χ0v) is 15.8. The fourth-order valence-corrected chi connectivity index (χ4v) is 4.65. The minimum atomic E-state index is -4.33. The zero-order valence-electron chi connectivity index (χ0n) is 15.8. The quantitative estimate of drug-likeness (QED) is 0.825. The highest BCUT2D eigenvalue weighted by Crippen LogP contribution is 2.35. The van der Waals surface area contributed by atoms with Crippen molar-refractivity contribution in [2.45, 2.75) is 43.9 Å². The average molecular weight is 396 g/mol. The molecule has 3 atom stereocenters. The first-order chi connectivity index (χ1) is 13.4. The van der Waals surface area contributed by atoms with E-state index in [1.54, 1.807) is 12.1 Å². The van der Waals surface area contributed by atoms with Gasteiger partial charge in [-0.2, -0.15) is 13.2 Å². The first-order valence-corrected chi connectivity index (χ1v) is 10.1. The summed E-state index contributed by atoms with van der Waals surface area (Å²) in [5.41, 5.74) is 6.69. The number of alkyl halides is 3. The van der Waals surface area contributed by atoms with Crippen LogP contribution < -0.4 is 10.9 Å². The number of carbonyl (C=O) groups excluding carboxylic acids is 1. The minimum Gasteiger partial charge on any atom is -0.341 e. The number of piperidine rings is 2. The molecule has 3 aliphatic heterocycles. The molecule has 0 spiro atoms. The SMILES string of the molecule is O=C(CN1CCCCC1)N1CCC2NNC(c3ccc(C(F)(F)F)cc3)C2C1. The highest BCUT2D eigenvalue weighted by Gasteiger charge is 2.42. The molecule has 0 bridgehead atoms. The summed E-state index contributed by atoms with van der Waals surface area (Å²) in [6.45, 7) is 3.81. The average Bonchev–Trinajstić information content (AvgIpc) is 3.11. The van der Waals surface area contributed by atoms with Gasteiger partial charge in [-0.3, -0.25) is 15.1 Å². The summed E-state index contributed by atoms with van der Waals surface area (Å²) < 4.78 is 38.5. The Morgan fingerprint density at radius 3 is 2.43 bits per heavy atom. The molecule has 0 saturated carbocycles. The molecular weight excluding hydrogens is 369 g/mol. The first kappa shape index (κ1) is 19.7. The second-order valence-electron chi connectivity index (χ2n) is 8.12. The molecule has 5 nitrogen and oxygen atoms in total. The number of likely N-dealkylation sites (tertiary alicyclic amines) is 2. The summed E-state index contributed by atoms with van der Waals surface area (Å²) in [6.07, 6.45) is 0.0689. The Morgan fingerprint density at radius 1 is 1.04 bits per heavy atom. The lowest BCUT2D eigenvalue weighted by Gasteiger charge is -2.37. The van der Waals surface area contributed by atoms with Crippen LogP contribution in [0.25, 0.3) is 0 Å². The van der Waals surface area contributed by atoms with E-state index in [9.17, 15) is 18.0 Å². The van der Waals surface area contributed by atoms with Crippen LogP contribution in [0.5, 0.6) is 0 Å². The number of nitrogens with zero attached hydrogens (tertiary/aromatic N) is 2. The van der Waals surface area contributed by atoms with Gasteiger partial charge < -0.3 is 4.90 Å².